The molecule has 0 aromatic heterocycles. The van der Waals surface area contributed by atoms with Crippen molar-refractivity contribution in [3.8, 4) is 0 Å². The van der Waals surface area contributed by atoms with Crippen molar-refractivity contribution in [3.05, 3.63) is 34.1 Å². The predicted molar refractivity (Wildman–Crippen MR) is 80.7 cm³/mol. The topological polar surface area (TPSA) is 15.3 Å². The van der Waals surface area contributed by atoms with Gasteiger partial charge < -0.3 is 5.32 Å². The van der Waals surface area contributed by atoms with Gasteiger partial charge in [0.15, 0.2) is 0 Å². The number of benzene rings is 1. The van der Waals surface area contributed by atoms with E-state index in [1.807, 2.05) is 13.1 Å². The minimum atomic E-state index is -0.159. The molecule has 2 nitrogen and oxygen atoms in total. The lowest BCUT2D eigenvalue weighted by molar-refractivity contribution is 0.132. The van der Waals surface area contributed by atoms with Crippen LogP contribution in [0, 0.1) is 5.82 Å². The van der Waals surface area contributed by atoms with Gasteiger partial charge in [-0.2, -0.15) is 0 Å². The molecule has 1 N–H and O–H groups in total. The average Bonchev–Trinajstić information content (AvgIpc) is 2.36. The average molecular weight is 329 g/mol. The number of hydrogen-bond donors (Lipinski definition) is 1. The molecular formula is C15H22BrFN2. The summed E-state index contributed by atoms with van der Waals surface area (Å²) in [4.78, 5) is 2.50. The number of piperidine rings is 1. The van der Waals surface area contributed by atoms with Crippen molar-refractivity contribution in [2.75, 3.05) is 20.1 Å². The van der Waals surface area contributed by atoms with Gasteiger partial charge in [0, 0.05) is 17.1 Å². The Kier molecular flexibility index (Phi) is 5.79. The maximum atomic E-state index is 13.4. The smallest absolute Gasteiger partial charge is 0.124 e. The molecule has 2 rings (SSSR count). The van der Waals surface area contributed by atoms with Crippen molar-refractivity contribution >= 4 is 15.9 Å². The zero-order valence-electron chi connectivity index (χ0n) is 11.5. The number of hydrogen-bond acceptors (Lipinski definition) is 2. The number of halogens is 2. The number of nitrogens with one attached hydrogen (secondary N) is 1. The van der Waals surface area contributed by atoms with Crippen LogP contribution in [0.3, 0.4) is 0 Å². The monoisotopic (exact) mass is 328 g/mol. The summed E-state index contributed by atoms with van der Waals surface area (Å²) in [6.07, 6.45) is 5.01. The first-order chi connectivity index (χ1) is 9.19. The largest absolute Gasteiger partial charge is 0.320 e. The van der Waals surface area contributed by atoms with Crippen molar-refractivity contribution in [2.24, 2.45) is 0 Å². The Bertz CT molecular complexity index is 391. The van der Waals surface area contributed by atoms with Gasteiger partial charge in [-0.3, -0.25) is 4.90 Å². The van der Waals surface area contributed by atoms with Gasteiger partial charge in [0.05, 0.1) is 0 Å². The molecule has 0 bridgehead atoms. The third kappa shape index (κ3) is 4.55. The van der Waals surface area contributed by atoms with Crippen LogP contribution >= 0.6 is 15.9 Å². The zero-order valence-corrected chi connectivity index (χ0v) is 13.0. The number of rotatable bonds is 5. The van der Waals surface area contributed by atoms with Crippen LogP contribution in [0.15, 0.2) is 22.7 Å². The summed E-state index contributed by atoms with van der Waals surface area (Å²) in [6.45, 7) is 3.03. The second-order valence-electron chi connectivity index (χ2n) is 5.29. The molecule has 106 valence electrons. The third-order valence-electron chi connectivity index (χ3n) is 3.78. The molecule has 0 aliphatic carbocycles. The van der Waals surface area contributed by atoms with Gasteiger partial charge in [0.2, 0.25) is 0 Å². The second kappa shape index (κ2) is 7.36. The minimum Gasteiger partial charge on any atom is -0.320 e. The molecule has 1 aliphatic rings. The van der Waals surface area contributed by atoms with Gasteiger partial charge >= 0.3 is 0 Å². The molecule has 1 fully saturated rings. The Morgan fingerprint density at radius 1 is 1.37 bits per heavy atom. The van der Waals surface area contributed by atoms with Crippen LogP contribution in [0.4, 0.5) is 4.39 Å². The zero-order chi connectivity index (χ0) is 13.7. The molecule has 0 radical (unpaired) electrons. The lowest BCUT2D eigenvalue weighted by Gasteiger charge is -2.36. The molecule has 4 heteroatoms. The van der Waals surface area contributed by atoms with Gasteiger partial charge in [-0.05, 0) is 63.2 Å². The fourth-order valence-electron chi connectivity index (χ4n) is 2.84. The Hall–Kier alpha value is -0.450. The summed E-state index contributed by atoms with van der Waals surface area (Å²) in [5, 5.41) is 3.22. The van der Waals surface area contributed by atoms with Crippen molar-refractivity contribution < 1.29 is 4.39 Å². The van der Waals surface area contributed by atoms with Crippen LogP contribution < -0.4 is 5.32 Å². The van der Waals surface area contributed by atoms with E-state index >= 15 is 0 Å². The van der Waals surface area contributed by atoms with Crippen LogP contribution in [0.5, 0.6) is 0 Å². The third-order valence-corrected chi connectivity index (χ3v) is 4.24. The van der Waals surface area contributed by atoms with Gasteiger partial charge in [-0.15, -0.1) is 0 Å². The molecule has 19 heavy (non-hydrogen) atoms. The number of nitrogens with zero attached hydrogens (tertiary/aromatic N) is 1. The van der Waals surface area contributed by atoms with E-state index in [9.17, 15) is 4.39 Å². The maximum Gasteiger partial charge on any atom is 0.124 e. The molecule has 1 unspecified atom stereocenters. The van der Waals surface area contributed by atoms with E-state index in [1.54, 1.807) is 6.07 Å². The summed E-state index contributed by atoms with van der Waals surface area (Å²) < 4.78 is 14.2. The Morgan fingerprint density at radius 3 is 2.95 bits per heavy atom. The highest BCUT2D eigenvalue weighted by molar-refractivity contribution is 9.10. The molecule has 0 spiro atoms. The summed E-state index contributed by atoms with van der Waals surface area (Å²) in [6, 6.07) is 5.81. The molecule has 1 heterocycles. The van der Waals surface area contributed by atoms with Crippen molar-refractivity contribution in [2.45, 2.75) is 38.3 Å². The van der Waals surface area contributed by atoms with Crippen molar-refractivity contribution in [3.63, 3.8) is 0 Å². The fourth-order valence-corrected chi connectivity index (χ4v) is 3.36. The Balaban J connectivity index is 2.01. The molecule has 1 aromatic rings. The molecular weight excluding hydrogens is 307 g/mol. The van der Waals surface area contributed by atoms with E-state index in [0.29, 0.717) is 6.04 Å². The number of likely N-dealkylation sites (tertiary alicyclic amines) is 1. The van der Waals surface area contributed by atoms with Crippen LogP contribution in [-0.2, 0) is 6.54 Å². The SMILES string of the molecule is CNCCC1CCCCN1Cc1cc(F)cc(Br)c1. The van der Waals surface area contributed by atoms with Gasteiger partial charge in [0.25, 0.3) is 0 Å². The lowest BCUT2D eigenvalue weighted by Crippen LogP contribution is -2.40. The van der Waals surface area contributed by atoms with Crippen LogP contribution in [0.1, 0.15) is 31.2 Å². The predicted octanol–water partition coefficient (Wildman–Crippen LogP) is 3.55. The Labute approximate surface area is 123 Å². The van der Waals surface area contributed by atoms with Crippen molar-refractivity contribution in [1.29, 1.82) is 0 Å². The fraction of sp³-hybridized carbons (Fsp3) is 0.600. The summed E-state index contributed by atoms with van der Waals surface area (Å²) in [5.41, 5.74) is 1.06. The van der Waals surface area contributed by atoms with E-state index in [1.165, 1.54) is 31.7 Å². The van der Waals surface area contributed by atoms with E-state index in [-0.39, 0.29) is 5.82 Å². The van der Waals surface area contributed by atoms with E-state index < -0.39 is 0 Å². The summed E-state index contributed by atoms with van der Waals surface area (Å²) in [5.74, 6) is -0.159. The minimum absolute atomic E-state index is 0.159. The van der Waals surface area contributed by atoms with Gasteiger partial charge in [-0.1, -0.05) is 22.4 Å². The Morgan fingerprint density at radius 2 is 2.21 bits per heavy atom. The summed E-state index contributed by atoms with van der Waals surface area (Å²) in [7, 11) is 2.00. The van der Waals surface area contributed by atoms with E-state index in [2.05, 4.69) is 26.1 Å². The second-order valence-corrected chi connectivity index (χ2v) is 6.21. The molecule has 1 saturated heterocycles. The van der Waals surface area contributed by atoms with Gasteiger partial charge in [-0.25, -0.2) is 4.39 Å². The quantitative estimate of drug-likeness (QED) is 0.889. The van der Waals surface area contributed by atoms with Gasteiger partial charge in [0.1, 0.15) is 5.82 Å². The highest BCUT2D eigenvalue weighted by atomic mass is 79.9. The first kappa shape index (κ1) is 14.9. The van der Waals surface area contributed by atoms with Crippen LogP contribution in [0.2, 0.25) is 0 Å². The summed E-state index contributed by atoms with van der Waals surface area (Å²) >= 11 is 3.37. The van der Waals surface area contributed by atoms with Crippen LogP contribution in [0.25, 0.3) is 0 Å². The molecule has 1 aliphatic heterocycles. The molecule has 0 saturated carbocycles. The highest BCUT2D eigenvalue weighted by Gasteiger charge is 2.22. The molecule has 0 amide bonds. The lowest BCUT2D eigenvalue weighted by atomic mass is 9.98. The van der Waals surface area contributed by atoms with E-state index in [4.69, 9.17) is 0 Å². The highest BCUT2D eigenvalue weighted by Crippen LogP contribution is 2.23. The standard InChI is InChI=1S/C15H22BrFN2/c1-18-6-5-15-4-2-3-7-19(15)11-12-8-13(16)10-14(17)9-12/h8-10,15,18H,2-7,11H2,1H3. The van der Waals surface area contributed by atoms with Crippen LogP contribution in [-0.4, -0.2) is 31.1 Å². The first-order valence-corrected chi connectivity index (χ1v) is 7.82. The normalized spacial score (nSPS) is 20.7. The molecule has 1 atom stereocenters. The van der Waals surface area contributed by atoms with Crippen molar-refractivity contribution in [1.82, 2.24) is 10.2 Å². The van der Waals surface area contributed by atoms with E-state index in [0.717, 1.165) is 29.7 Å². The maximum absolute atomic E-state index is 13.4. The molecule has 1 aromatic carbocycles. The first-order valence-electron chi connectivity index (χ1n) is 7.02.